The molecule has 0 radical (unpaired) electrons. The van der Waals surface area contributed by atoms with Crippen molar-refractivity contribution in [3.8, 4) is 11.5 Å². The number of aromatic nitrogens is 2. The Bertz CT molecular complexity index is 818. The zero-order valence-electron chi connectivity index (χ0n) is 17.2. The maximum absolute atomic E-state index is 12.7. The van der Waals surface area contributed by atoms with Gasteiger partial charge in [0, 0.05) is 37.9 Å². The zero-order chi connectivity index (χ0) is 20.1. The van der Waals surface area contributed by atoms with E-state index in [4.69, 9.17) is 9.47 Å². The lowest BCUT2D eigenvalue weighted by Crippen LogP contribution is -2.40. The van der Waals surface area contributed by atoms with Gasteiger partial charge in [0.1, 0.15) is 0 Å². The first-order valence-electron chi connectivity index (χ1n) is 9.72. The fraction of sp³-hybridized carbons (Fsp3) is 0.524. The van der Waals surface area contributed by atoms with Crippen LogP contribution in [0.15, 0.2) is 24.4 Å². The second-order valence-corrected chi connectivity index (χ2v) is 7.37. The van der Waals surface area contributed by atoms with E-state index in [0.717, 1.165) is 32.5 Å². The Kier molecular flexibility index (Phi) is 6.57. The standard InChI is InChI=1S/C21H30N4O3/c1-15-17(12-23-24(15)2)14-25-10-6-7-16(13-25)11-22-21(26)18-8-5-9-19(27-3)20(18)28-4/h5,8-9,12,16H,6-7,10-11,13-14H2,1-4H3,(H,22,26)/t16-/m0/s1. The van der Waals surface area contributed by atoms with E-state index in [0.29, 0.717) is 29.5 Å². The van der Waals surface area contributed by atoms with Crippen molar-refractivity contribution in [3.63, 3.8) is 0 Å². The first-order chi connectivity index (χ1) is 13.5. The maximum atomic E-state index is 12.7. The van der Waals surface area contributed by atoms with Gasteiger partial charge in [-0.15, -0.1) is 0 Å². The van der Waals surface area contributed by atoms with Gasteiger partial charge in [-0.3, -0.25) is 14.4 Å². The molecule has 0 unspecified atom stereocenters. The van der Waals surface area contributed by atoms with Crippen LogP contribution < -0.4 is 14.8 Å². The lowest BCUT2D eigenvalue weighted by molar-refractivity contribution is 0.0927. The highest BCUT2D eigenvalue weighted by molar-refractivity contribution is 5.97. The van der Waals surface area contributed by atoms with E-state index < -0.39 is 0 Å². The number of carbonyl (C=O) groups excluding carboxylic acids is 1. The van der Waals surface area contributed by atoms with E-state index in [1.807, 2.05) is 17.9 Å². The highest BCUT2D eigenvalue weighted by Gasteiger charge is 2.23. The van der Waals surface area contributed by atoms with Crippen LogP contribution in [0.4, 0.5) is 0 Å². The summed E-state index contributed by atoms with van der Waals surface area (Å²) in [4.78, 5) is 15.1. The van der Waals surface area contributed by atoms with Crippen LogP contribution in [0, 0.1) is 12.8 Å². The number of benzene rings is 1. The molecule has 7 nitrogen and oxygen atoms in total. The average molecular weight is 386 g/mol. The molecular formula is C21H30N4O3. The molecule has 0 aliphatic carbocycles. The Balaban J connectivity index is 1.57. The van der Waals surface area contributed by atoms with Crippen molar-refractivity contribution >= 4 is 5.91 Å². The molecule has 2 aromatic rings. The molecule has 1 N–H and O–H groups in total. The Morgan fingerprint density at radius 1 is 1.32 bits per heavy atom. The number of ether oxygens (including phenoxy) is 2. The van der Waals surface area contributed by atoms with Crippen LogP contribution in [0.1, 0.15) is 34.5 Å². The summed E-state index contributed by atoms with van der Waals surface area (Å²) < 4.78 is 12.6. The Hall–Kier alpha value is -2.54. The summed E-state index contributed by atoms with van der Waals surface area (Å²) in [7, 11) is 5.09. The lowest BCUT2D eigenvalue weighted by atomic mass is 9.97. The van der Waals surface area contributed by atoms with Crippen LogP contribution in [0.5, 0.6) is 11.5 Å². The summed E-state index contributed by atoms with van der Waals surface area (Å²) in [6.45, 7) is 5.73. The molecule has 1 amide bonds. The van der Waals surface area contributed by atoms with Crippen molar-refractivity contribution in [2.24, 2.45) is 13.0 Å². The van der Waals surface area contributed by atoms with Crippen molar-refractivity contribution in [1.82, 2.24) is 20.0 Å². The molecule has 0 bridgehead atoms. The van der Waals surface area contributed by atoms with Gasteiger partial charge in [-0.2, -0.15) is 5.10 Å². The highest BCUT2D eigenvalue weighted by Crippen LogP contribution is 2.30. The molecule has 1 aromatic heterocycles. The summed E-state index contributed by atoms with van der Waals surface area (Å²) in [5.41, 5.74) is 2.98. The molecule has 1 aliphatic rings. The second kappa shape index (κ2) is 9.10. The van der Waals surface area contributed by atoms with Gasteiger partial charge in [0.2, 0.25) is 0 Å². The molecule has 1 fully saturated rings. The molecule has 3 rings (SSSR count). The molecule has 1 aliphatic heterocycles. The third-order valence-electron chi connectivity index (χ3n) is 5.53. The number of carbonyl (C=O) groups is 1. The summed E-state index contributed by atoms with van der Waals surface area (Å²) in [6.07, 6.45) is 4.22. The van der Waals surface area contributed by atoms with Crippen LogP contribution in [-0.2, 0) is 13.6 Å². The van der Waals surface area contributed by atoms with Gasteiger partial charge in [0.25, 0.3) is 5.91 Å². The number of methoxy groups -OCH3 is 2. The number of para-hydroxylation sites is 1. The van der Waals surface area contributed by atoms with Crippen molar-refractivity contribution in [2.75, 3.05) is 33.9 Å². The summed E-state index contributed by atoms with van der Waals surface area (Å²) in [6, 6.07) is 5.35. The molecule has 7 heteroatoms. The number of rotatable bonds is 7. The SMILES string of the molecule is COc1cccc(C(=O)NC[C@@H]2CCCN(Cc3cnn(C)c3C)C2)c1OC. The summed E-state index contributed by atoms with van der Waals surface area (Å²) >= 11 is 0. The minimum atomic E-state index is -0.129. The molecular weight excluding hydrogens is 356 g/mol. The molecule has 1 atom stereocenters. The largest absolute Gasteiger partial charge is 0.493 e. The predicted octanol–water partition coefficient (Wildman–Crippen LogP) is 2.39. The Labute approximate surface area is 166 Å². The normalized spacial score (nSPS) is 17.4. The van der Waals surface area contributed by atoms with Crippen molar-refractivity contribution in [1.29, 1.82) is 0 Å². The number of piperidine rings is 1. The third kappa shape index (κ3) is 4.47. The molecule has 0 saturated carbocycles. The van der Waals surface area contributed by atoms with E-state index in [1.54, 1.807) is 32.4 Å². The summed E-state index contributed by atoms with van der Waals surface area (Å²) in [5.74, 6) is 1.34. The van der Waals surface area contributed by atoms with Crippen molar-refractivity contribution in [3.05, 3.63) is 41.2 Å². The molecule has 1 saturated heterocycles. The minimum absolute atomic E-state index is 0.129. The quantitative estimate of drug-likeness (QED) is 0.791. The Morgan fingerprint density at radius 2 is 2.14 bits per heavy atom. The van der Waals surface area contributed by atoms with E-state index in [2.05, 4.69) is 22.2 Å². The summed E-state index contributed by atoms with van der Waals surface area (Å²) in [5, 5.41) is 7.41. The van der Waals surface area contributed by atoms with Crippen LogP contribution >= 0.6 is 0 Å². The van der Waals surface area contributed by atoms with Crippen LogP contribution in [0.3, 0.4) is 0 Å². The van der Waals surface area contributed by atoms with Gasteiger partial charge in [-0.05, 0) is 44.4 Å². The fourth-order valence-corrected chi connectivity index (χ4v) is 3.80. The monoisotopic (exact) mass is 386 g/mol. The van der Waals surface area contributed by atoms with Gasteiger partial charge in [0.05, 0.1) is 26.0 Å². The minimum Gasteiger partial charge on any atom is -0.493 e. The average Bonchev–Trinajstić information content (AvgIpc) is 3.03. The number of hydrogen-bond donors (Lipinski definition) is 1. The van der Waals surface area contributed by atoms with Crippen molar-refractivity contribution < 1.29 is 14.3 Å². The van der Waals surface area contributed by atoms with Crippen LogP contribution in [-0.4, -0.2) is 54.4 Å². The molecule has 2 heterocycles. The van der Waals surface area contributed by atoms with E-state index in [1.165, 1.54) is 11.3 Å². The number of hydrogen-bond acceptors (Lipinski definition) is 5. The second-order valence-electron chi connectivity index (χ2n) is 7.37. The van der Waals surface area contributed by atoms with Gasteiger partial charge in [0.15, 0.2) is 11.5 Å². The highest BCUT2D eigenvalue weighted by atomic mass is 16.5. The Morgan fingerprint density at radius 3 is 2.82 bits per heavy atom. The topological polar surface area (TPSA) is 68.6 Å². The third-order valence-corrected chi connectivity index (χ3v) is 5.53. The zero-order valence-corrected chi connectivity index (χ0v) is 17.2. The smallest absolute Gasteiger partial charge is 0.255 e. The first kappa shape index (κ1) is 20.2. The van der Waals surface area contributed by atoms with E-state index >= 15 is 0 Å². The number of likely N-dealkylation sites (tertiary alicyclic amines) is 1. The van der Waals surface area contributed by atoms with Gasteiger partial charge in [-0.25, -0.2) is 0 Å². The number of nitrogens with zero attached hydrogens (tertiary/aromatic N) is 3. The molecule has 152 valence electrons. The van der Waals surface area contributed by atoms with E-state index in [-0.39, 0.29) is 5.91 Å². The van der Waals surface area contributed by atoms with Crippen molar-refractivity contribution in [2.45, 2.75) is 26.3 Å². The molecule has 1 aromatic carbocycles. The van der Waals surface area contributed by atoms with E-state index in [9.17, 15) is 4.79 Å². The first-order valence-corrected chi connectivity index (χ1v) is 9.72. The number of aryl methyl sites for hydroxylation is 1. The van der Waals surface area contributed by atoms with Crippen LogP contribution in [0.2, 0.25) is 0 Å². The van der Waals surface area contributed by atoms with Crippen LogP contribution in [0.25, 0.3) is 0 Å². The van der Waals surface area contributed by atoms with Gasteiger partial charge >= 0.3 is 0 Å². The predicted molar refractivity (Wildman–Crippen MR) is 108 cm³/mol. The fourth-order valence-electron chi connectivity index (χ4n) is 3.80. The number of nitrogens with one attached hydrogen (secondary N) is 1. The maximum Gasteiger partial charge on any atom is 0.255 e. The number of amides is 1. The van der Waals surface area contributed by atoms with Gasteiger partial charge < -0.3 is 14.8 Å². The lowest BCUT2D eigenvalue weighted by Gasteiger charge is -2.32. The molecule has 28 heavy (non-hydrogen) atoms. The van der Waals surface area contributed by atoms with Gasteiger partial charge in [-0.1, -0.05) is 6.07 Å². The molecule has 0 spiro atoms.